The number of carboxylic acids is 1. The summed E-state index contributed by atoms with van der Waals surface area (Å²) in [6.45, 7) is 3.69. The molecule has 0 aromatic heterocycles. The van der Waals surface area contributed by atoms with Gasteiger partial charge in [-0.3, -0.25) is 4.79 Å². The highest BCUT2D eigenvalue weighted by molar-refractivity contribution is 5.69. The summed E-state index contributed by atoms with van der Waals surface area (Å²) in [6, 6.07) is 5.70. The summed E-state index contributed by atoms with van der Waals surface area (Å²) in [5, 5.41) is 8.86. The molecule has 1 aromatic rings. The Balaban J connectivity index is 2.32. The van der Waals surface area contributed by atoms with Crippen molar-refractivity contribution in [1.29, 1.82) is 0 Å². The van der Waals surface area contributed by atoms with Gasteiger partial charge in [-0.1, -0.05) is 30.4 Å². The van der Waals surface area contributed by atoms with Gasteiger partial charge in [-0.15, -0.1) is 6.58 Å². The van der Waals surface area contributed by atoms with Gasteiger partial charge < -0.3 is 9.84 Å². The largest absolute Gasteiger partial charge is 0.481 e. The van der Waals surface area contributed by atoms with Crippen LogP contribution in [0.2, 0.25) is 0 Å². The minimum absolute atomic E-state index is 0.0357. The highest BCUT2D eigenvalue weighted by atomic mass is 16.5. The van der Waals surface area contributed by atoms with Crippen molar-refractivity contribution < 1.29 is 14.6 Å². The molecule has 0 radical (unpaired) electrons. The van der Waals surface area contributed by atoms with Crippen LogP contribution in [0.4, 0.5) is 0 Å². The van der Waals surface area contributed by atoms with Crippen molar-refractivity contribution in [2.45, 2.75) is 12.3 Å². The summed E-state index contributed by atoms with van der Waals surface area (Å²) in [7, 11) is 0. The third-order valence-electron chi connectivity index (χ3n) is 2.81. The number of hydrogen-bond donors (Lipinski definition) is 1. The van der Waals surface area contributed by atoms with Gasteiger partial charge in [0.2, 0.25) is 0 Å². The van der Waals surface area contributed by atoms with E-state index in [0.29, 0.717) is 0 Å². The fourth-order valence-electron chi connectivity index (χ4n) is 1.86. The number of carbonyl (C=O) groups is 1. The van der Waals surface area contributed by atoms with Crippen molar-refractivity contribution in [3.8, 4) is 5.75 Å². The zero-order valence-electron chi connectivity index (χ0n) is 9.87. The lowest BCUT2D eigenvalue weighted by molar-refractivity contribution is -0.137. The highest BCUT2D eigenvalue weighted by Crippen LogP contribution is 2.29. The lowest BCUT2D eigenvalue weighted by Crippen LogP contribution is -2.04. The molecular formula is C15H14O3. The van der Waals surface area contributed by atoms with Crippen LogP contribution in [0.3, 0.4) is 0 Å². The van der Waals surface area contributed by atoms with Gasteiger partial charge in [0.25, 0.3) is 0 Å². The van der Waals surface area contributed by atoms with Gasteiger partial charge in [-0.05, 0) is 17.7 Å². The molecule has 0 saturated carbocycles. The molecule has 0 spiro atoms. The molecule has 0 amide bonds. The Labute approximate surface area is 106 Å². The van der Waals surface area contributed by atoms with E-state index in [-0.39, 0.29) is 12.3 Å². The Morgan fingerprint density at radius 1 is 1.44 bits per heavy atom. The second-order valence-electron chi connectivity index (χ2n) is 4.04. The molecule has 1 aliphatic heterocycles. The predicted octanol–water partition coefficient (Wildman–Crippen LogP) is 3.35. The second kappa shape index (κ2) is 5.36. The van der Waals surface area contributed by atoms with Gasteiger partial charge in [-0.2, -0.15) is 0 Å². The molecule has 1 heterocycles. The van der Waals surface area contributed by atoms with E-state index in [1.54, 1.807) is 12.3 Å². The molecule has 3 heteroatoms. The van der Waals surface area contributed by atoms with Gasteiger partial charge in [0, 0.05) is 11.5 Å². The average Bonchev–Trinajstić information content (AvgIpc) is 2.59. The van der Waals surface area contributed by atoms with Gasteiger partial charge in [0.15, 0.2) is 0 Å². The zero-order valence-corrected chi connectivity index (χ0v) is 9.87. The molecule has 1 atom stereocenters. The first-order chi connectivity index (χ1) is 8.70. The molecule has 3 nitrogen and oxygen atoms in total. The minimum Gasteiger partial charge on any atom is -0.481 e. The molecule has 92 valence electrons. The zero-order chi connectivity index (χ0) is 13.0. The standard InChI is InChI=1S/C15H14O3/c1-2-11(10-15(16)17)13-7-6-12-5-3-4-8-18-14(12)9-13/h2-9,11H,1,10H2,(H,16,17). The predicted molar refractivity (Wildman–Crippen MR) is 70.4 cm³/mol. The Kier molecular flexibility index (Phi) is 3.63. The maximum Gasteiger partial charge on any atom is 0.304 e. The van der Waals surface area contributed by atoms with Crippen molar-refractivity contribution in [3.05, 3.63) is 60.4 Å². The quantitative estimate of drug-likeness (QED) is 0.823. The third-order valence-corrected chi connectivity index (χ3v) is 2.81. The van der Waals surface area contributed by atoms with Gasteiger partial charge >= 0.3 is 5.97 Å². The summed E-state index contributed by atoms with van der Waals surface area (Å²) in [5.74, 6) is -0.307. The average molecular weight is 242 g/mol. The number of rotatable bonds is 4. The molecule has 1 N–H and O–H groups in total. The normalized spacial score (nSPS) is 14.2. The smallest absolute Gasteiger partial charge is 0.304 e. The topological polar surface area (TPSA) is 46.5 Å². The fraction of sp³-hybridized carbons (Fsp3) is 0.133. The number of ether oxygens (including phenoxy) is 1. The molecule has 1 aliphatic rings. The second-order valence-corrected chi connectivity index (χ2v) is 4.04. The van der Waals surface area contributed by atoms with E-state index in [2.05, 4.69) is 6.58 Å². The number of carboxylic acid groups (broad SMARTS) is 1. The van der Waals surface area contributed by atoms with Crippen LogP contribution < -0.4 is 4.74 Å². The van der Waals surface area contributed by atoms with Gasteiger partial charge in [0.1, 0.15) is 5.75 Å². The monoisotopic (exact) mass is 242 g/mol. The molecule has 0 bridgehead atoms. The summed E-state index contributed by atoms with van der Waals surface area (Å²) < 4.78 is 5.46. The Morgan fingerprint density at radius 3 is 3.00 bits per heavy atom. The van der Waals surface area contributed by atoms with Crippen molar-refractivity contribution in [2.24, 2.45) is 0 Å². The van der Waals surface area contributed by atoms with E-state index < -0.39 is 5.97 Å². The van der Waals surface area contributed by atoms with Crippen LogP contribution in [0.5, 0.6) is 5.75 Å². The minimum atomic E-state index is -0.837. The Hall–Kier alpha value is -2.29. The van der Waals surface area contributed by atoms with Crippen LogP contribution in [0.1, 0.15) is 23.5 Å². The van der Waals surface area contributed by atoms with E-state index >= 15 is 0 Å². The third kappa shape index (κ3) is 2.69. The Morgan fingerprint density at radius 2 is 2.28 bits per heavy atom. The SMILES string of the molecule is C=CC(CC(=O)O)c1ccc2c(c1)OC=CC=C2. The molecule has 2 rings (SSSR count). The van der Waals surface area contributed by atoms with Crippen LogP contribution in [-0.2, 0) is 4.79 Å². The summed E-state index contributed by atoms with van der Waals surface area (Å²) in [4.78, 5) is 10.8. The van der Waals surface area contributed by atoms with Crippen LogP contribution in [0.25, 0.3) is 6.08 Å². The molecule has 0 saturated heterocycles. The van der Waals surface area contributed by atoms with E-state index in [1.165, 1.54) is 0 Å². The van der Waals surface area contributed by atoms with Gasteiger partial charge in [-0.25, -0.2) is 0 Å². The lowest BCUT2D eigenvalue weighted by Gasteiger charge is -2.13. The molecule has 18 heavy (non-hydrogen) atoms. The van der Waals surface area contributed by atoms with E-state index in [1.807, 2.05) is 36.4 Å². The van der Waals surface area contributed by atoms with Crippen LogP contribution in [0.15, 0.2) is 49.3 Å². The number of benzene rings is 1. The first kappa shape index (κ1) is 12.2. The lowest BCUT2D eigenvalue weighted by atomic mass is 9.94. The van der Waals surface area contributed by atoms with E-state index in [9.17, 15) is 4.79 Å². The molecule has 1 unspecified atom stereocenters. The number of fused-ring (bicyclic) bond motifs is 1. The summed E-state index contributed by atoms with van der Waals surface area (Å²) in [5.41, 5.74) is 1.87. The van der Waals surface area contributed by atoms with Crippen LogP contribution in [-0.4, -0.2) is 11.1 Å². The number of allylic oxidation sites excluding steroid dienone is 3. The first-order valence-corrected chi connectivity index (χ1v) is 5.69. The number of aliphatic carboxylic acids is 1. The van der Waals surface area contributed by atoms with E-state index in [4.69, 9.17) is 9.84 Å². The van der Waals surface area contributed by atoms with Crippen LogP contribution >= 0.6 is 0 Å². The Bertz CT molecular complexity index is 527. The molecular weight excluding hydrogens is 228 g/mol. The van der Waals surface area contributed by atoms with Crippen LogP contribution in [0, 0.1) is 0 Å². The van der Waals surface area contributed by atoms with Crippen molar-refractivity contribution in [1.82, 2.24) is 0 Å². The maximum absolute atomic E-state index is 10.8. The maximum atomic E-state index is 10.8. The van der Waals surface area contributed by atoms with Crippen molar-refractivity contribution in [3.63, 3.8) is 0 Å². The molecule has 1 aromatic carbocycles. The summed E-state index contributed by atoms with van der Waals surface area (Å²) in [6.07, 6.45) is 8.94. The molecule has 0 fully saturated rings. The molecule has 0 aliphatic carbocycles. The van der Waals surface area contributed by atoms with Crippen molar-refractivity contribution in [2.75, 3.05) is 0 Å². The highest BCUT2D eigenvalue weighted by Gasteiger charge is 2.14. The van der Waals surface area contributed by atoms with Crippen molar-refractivity contribution >= 4 is 12.0 Å². The van der Waals surface area contributed by atoms with E-state index in [0.717, 1.165) is 16.9 Å². The van der Waals surface area contributed by atoms with Gasteiger partial charge in [0.05, 0.1) is 12.7 Å². The fourth-order valence-corrected chi connectivity index (χ4v) is 1.86. The summed E-state index contributed by atoms with van der Waals surface area (Å²) >= 11 is 0. The first-order valence-electron chi connectivity index (χ1n) is 5.69. The number of hydrogen-bond acceptors (Lipinski definition) is 2.